The van der Waals surface area contributed by atoms with Gasteiger partial charge >= 0.3 is 6.01 Å². The lowest BCUT2D eigenvalue weighted by Gasteiger charge is -2.08. The molecule has 0 aliphatic rings. The quantitative estimate of drug-likeness (QED) is 0.764. The third kappa shape index (κ3) is 2.09. The zero-order valence-electron chi connectivity index (χ0n) is 7.80. The second kappa shape index (κ2) is 4.41. The topological polar surface area (TPSA) is 44.2 Å². The van der Waals surface area contributed by atoms with Crippen molar-refractivity contribution in [1.82, 2.24) is 9.97 Å². The van der Waals surface area contributed by atoms with Gasteiger partial charge in [-0.2, -0.15) is 9.97 Å². The lowest BCUT2D eigenvalue weighted by Crippen LogP contribution is -2.00. The Morgan fingerprint density at radius 3 is 2.38 bits per heavy atom. The molecule has 0 aliphatic carbocycles. The van der Waals surface area contributed by atoms with Crippen LogP contribution in [0, 0.1) is 0 Å². The summed E-state index contributed by atoms with van der Waals surface area (Å²) in [6, 6.07) is 0.306. The molecule has 0 fully saturated rings. The van der Waals surface area contributed by atoms with Crippen LogP contribution in [0.25, 0.3) is 0 Å². The molecule has 0 bridgehead atoms. The SMILES string of the molecule is CCc1c(Br)nc(OC)nc1OC. The third-order valence-electron chi connectivity index (χ3n) is 1.63. The summed E-state index contributed by atoms with van der Waals surface area (Å²) in [6.45, 7) is 2.01. The fourth-order valence-corrected chi connectivity index (χ4v) is 1.58. The minimum absolute atomic E-state index is 0.306. The lowest BCUT2D eigenvalue weighted by molar-refractivity contribution is 0.347. The van der Waals surface area contributed by atoms with E-state index in [2.05, 4.69) is 25.9 Å². The maximum atomic E-state index is 5.10. The Balaban J connectivity index is 3.20. The number of methoxy groups -OCH3 is 2. The van der Waals surface area contributed by atoms with Gasteiger partial charge in [-0.1, -0.05) is 6.92 Å². The molecule has 0 aromatic carbocycles. The summed E-state index contributed by atoms with van der Waals surface area (Å²) >= 11 is 3.33. The van der Waals surface area contributed by atoms with Gasteiger partial charge in [-0.05, 0) is 22.4 Å². The Hall–Kier alpha value is -0.840. The second-order valence-electron chi connectivity index (χ2n) is 2.34. The van der Waals surface area contributed by atoms with E-state index in [1.165, 1.54) is 7.11 Å². The monoisotopic (exact) mass is 246 g/mol. The van der Waals surface area contributed by atoms with Gasteiger partial charge in [0.1, 0.15) is 4.60 Å². The summed E-state index contributed by atoms with van der Waals surface area (Å²) in [5, 5.41) is 0. The zero-order valence-corrected chi connectivity index (χ0v) is 9.38. The number of ether oxygens (including phenoxy) is 2. The van der Waals surface area contributed by atoms with Crippen LogP contribution in [0.1, 0.15) is 12.5 Å². The summed E-state index contributed by atoms with van der Waals surface area (Å²) < 4.78 is 10.7. The van der Waals surface area contributed by atoms with E-state index in [1.807, 2.05) is 6.92 Å². The summed E-state index contributed by atoms with van der Waals surface area (Å²) in [4.78, 5) is 8.13. The number of hydrogen-bond acceptors (Lipinski definition) is 4. The number of hydrogen-bond donors (Lipinski definition) is 0. The first-order valence-corrected chi connectivity index (χ1v) is 4.66. The number of rotatable bonds is 3. The Morgan fingerprint density at radius 1 is 1.23 bits per heavy atom. The van der Waals surface area contributed by atoms with Gasteiger partial charge < -0.3 is 9.47 Å². The largest absolute Gasteiger partial charge is 0.481 e. The van der Waals surface area contributed by atoms with Crippen LogP contribution < -0.4 is 9.47 Å². The van der Waals surface area contributed by atoms with Gasteiger partial charge in [0.25, 0.3) is 0 Å². The molecule has 1 rings (SSSR count). The van der Waals surface area contributed by atoms with Gasteiger partial charge in [-0.3, -0.25) is 0 Å². The molecule has 0 radical (unpaired) electrons. The Morgan fingerprint density at radius 2 is 1.92 bits per heavy atom. The van der Waals surface area contributed by atoms with Gasteiger partial charge in [-0.15, -0.1) is 0 Å². The summed E-state index contributed by atoms with van der Waals surface area (Å²) in [5.74, 6) is 0.557. The van der Waals surface area contributed by atoms with Gasteiger partial charge in [0.15, 0.2) is 0 Å². The van der Waals surface area contributed by atoms with Crippen molar-refractivity contribution in [3.05, 3.63) is 10.2 Å². The van der Waals surface area contributed by atoms with Crippen molar-refractivity contribution in [1.29, 1.82) is 0 Å². The second-order valence-corrected chi connectivity index (χ2v) is 3.09. The van der Waals surface area contributed by atoms with Crippen LogP contribution in [0.4, 0.5) is 0 Å². The van der Waals surface area contributed by atoms with Crippen LogP contribution in [0.2, 0.25) is 0 Å². The first kappa shape index (κ1) is 10.2. The molecule has 0 spiro atoms. The molecule has 1 heterocycles. The standard InChI is InChI=1S/C8H11BrN2O2/c1-4-5-6(9)10-8(13-3)11-7(5)12-2/h4H2,1-3H3. The molecule has 0 saturated heterocycles. The van der Waals surface area contributed by atoms with E-state index in [0.29, 0.717) is 11.9 Å². The fourth-order valence-electron chi connectivity index (χ4n) is 0.976. The molecule has 13 heavy (non-hydrogen) atoms. The lowest BCUT2D eigenvalue weighted by atomic mass is 10.2. The van der Waals surface area contributed by atoms with E-state index in [4.69, 9.17) is 9.47 Å². The van der Waals surface area contributed by atoms with E-state index in [-0.39, 0.29) is 0 Å². The van der Waals surface area contributed by atoms with Crippen molar-refractivity contribution >= 4 is 15.9 Å². The summed E-state index contributed by atoms with van der Waals surface area (Å²) in [6.07, 6.45) is 0.813. The smallest absolute Gasteiger partial charge is 0.320 e. The van der Waals surface area contributed by atoms with E-state index in [9.17, 15) is 0 Å². The average Bonchev–Trinajstić information content (AvgIpc) is 2.16. The molecule has 1 aromatic heterocycles. The Bertz CT molecular complexity index is 304. The highest BCUT2D eigenvalue weighted by atomic mass is 79.9. The van der Waals surface area contributed by atoms with Gasteiger partial charge in [0.05, 0.1) is 14.2 Å². The van der Waals surface area contributed by atoms with E-state index < -0.39 is 0 Å². The summed E-state index contributed by atoms with van der Waals surface area (Å²) in [5.41, 5.74) is 0.948. The number of halogens is 1. The minimum Gasteiger partial charge on any atom is -0.481 e. The maximum absolute atomic E-state index is 5.10. The molecule has 4 nitrogen and oxygen atoms in total. The van der Waals surface area contributed by atoms with Gasteiger partial charge in [-0.25, -0.2) is 0 Å². The fraction of sp³-hybridized carbons (Fsp3) is 0.500. The molecular weight excluding hydrogens is 236 g/mol. The van der Waals surface area contributed by atoms with E-state index >= 15 is 0 Å². The summed E-state index contributed by atoms with van der Waals surface area (Å²) in [7, 11) is 3.10. The molecule has 0 amide bonds. The van der Waals surface area contributed by atoms with Crippen LogP contribution >= 0.6 is 15.9 Å². The van der Waals surface area contributed by atoms with Crippen LogP contribution in [0.3, 0.4) is 0 Å². The number of aromatic nitrogens is 2. The molecule has 0 unspecified atom stereocenters. The normalized spacial score (nSPS) is 9.85. The third-order valence-corrected chi connectivity index (χ3v) is 2.28. The average molecular weight is 247 g/mol. The van der Waals surface area contributed by atoms with Gasteiger partial charge in [0, 0.05) is 5.56 Å². The van der Waals surface area contributed by atoms with Crippen LogP contribution in [-0.2, 0) is 6.42 Å². The molecule has 1 aromatic rings. The molecular formula is C8H11BrN2O2. The van der Waals surface area contributed by atoms with E-state index in [1.54, 1.807) is 7.11 Å². The van der Waals surface area contributed by atoms with Crippen molar-refractivity contribution in [2.75, 3.05) is 14.2 Å². The van der Waals surface area contributed by atoms with Crippen molar-refractivity contribution in [2.24, 2.45) is 0 Å². The first-order valence-electron chi connectivity index (χ1n) is 3.87. The Kier molecular flexibility index (Phi) is 3.48. The first-order chi connectivity index (χ1) is 6.22. The van der Waals surface area contributed by atoms with E-state index in [0.717, 1.165) is 16.6 Å². The van der Waals surface area contributed by atoms with Crippen LogP contribution in [0.15, 0.2) is 4.60 Å². The van der Waals surface area contributed by atoms with Crippen molar-refractivity contribution in [3.63, 3.8) is 0 Å². The Labute approximate surface area is 85.4 Å². The van der Waals surface area contributed by atoms with Crippen molar-refractivity contribution in [2.45, 2.75) is 13.3 Å². The highest BCUT2D eigenvalue weighted by molar-refractivity contribution is 9.10. The molecule has 0 N–H and O–H groups in total. The highest BCUT2D eigenvalue weighted by Gasteiger charge is 2.11. The van der Waals surface area contributed by atoms with Crippen LogP contribution in [-0.4, -0.2) is 24.2 Å². The molecule has 0 atom stereocenters. The molecule has 0 saturated carbocycles. The van der Waals surface area contributed by atoms with Crippen molar-refractivity contribution in [3.8, 4) is 11.9 Å². The minimum atomic E-state index is 0.306. The molecule has 5 heteroatoms. The van der Waals surface area contributed by atoms with Crippen LogP contribution in [0.5, 0.6) is 11.9 Å². The number of nitrogens with zero attached hydrogens (tertiary/aromatic N) is 2. The molecule has 72 valence electrons. The predicted octanol–water partition coefficient (Wildman–Crippen LogP) is 1.82. The highest BCUT2D eigenvalue weighted by Crippen LogP contribution is 2.25. The zero-order chi connectivity index (χ0) is 9.84. The van der Waals surface area contributed by atoms with Gasteiger partial charge in [0.2, 0.25) is 5.88 Å². The molecule has 0 aliphatic heterocycles. The van der Waals surface area contributed by atoms with Crippen molar-refractivity contribution < 1.29 is 9.47 Å². The predicted molar refractivity (Wildman–Crippen MR) is 52.2 cm³/mol. The maximum Gasteiger partial charge on any atom is 0.320 e.